The van der Waals surface area contributed by atoms with Crippen LogP contribution in [-0.4, -0.2) is 55.0 Å². The van der Waals surface area contributed by atoms with Crippen LogP contribution in [0.1, 0.15) is 18.1 Å². The summed E-state index contributed by atoms with van der Waals surface area (Å²) in [5.41, 5.74) is 2.29. The highest BCUT2D eigenvalue weighted by Gasteiger charge is 2.05. The molecule has 1 heterocycles. The molecular formula is C19H28N6O2. The van der Waals surface area contributed by atoms with Gasteiger partial charge in [-0.05, 0) is 24.1 Å². The van der Waals surface area contributed by atoms with E-state index in [9.17, 15) is 4.79 Å². The lowest BCUT2D eigenvalue weighted by Crippen LogP contribution is -2.43. The van der Waals surface area contributed by atoms with Gasteiger partial charge in [0.1, 0.15) is 0 Å². The van der Waals surface area contributed by atoms with Crippen LogP contribution in [0, 0.1) is 0 Å². The predicted molar refractivity (Wildman–Crippen MR) is 105 cm³/mol. The van der Waals surface area contributed by atoms with Crippen molar-refractivity contribution in [1.29, 1.82) is 0 Å². The van der Waals surface area contributed by atoms with Crippen molar-refractivity contribution in [3.05, 3.63) is 53.9 Å². The maximum Gasteiger partial charge on any atom is 0.239 e. The summed E-state index contributed by atoms with van der Waals surface area (Å²) in [5.74, 6) is 0.505. The third-order valence-electron chi connectivity index (χ3n) is 3.81. The summed E-state index contributed by atoms with van der Waals surface area (Å²) in [4.78, 5) is 16.4. The van der Waals surface area contributed by atoms with E-state index in [1.165, 1.54) is 0 Å². The van der Waals surface area contributed by atoms with Gasteiger partial charge in [0.25, 0.3) is 0 Å². The largest absolute Gasteiger partial charge is 0.383 e. The summed E-state index contributed by atoms with van der Waals surface area (Å²) < 4.78 is 6.80. The molecule has 0 spiro atoms. The summed E-state index contributed by atoms with van der Waals surface area (Å²) in [6, 6.07) is 10.1. The number of aliphatic imine (C=N–C) groups is 1. The summed E-state index contributed by atoms with van der Waals surface area (Å²) >= 11 is 0. The van der Waals surface area contributed by atoms with E-state index in [2.05, 4.69) is 38.2 Å². The number of carbonyl (C=O) groups excluding carboxylic acids is 1. The second kappa shape index (κ2) is 11.7. The van der Waals surface area contributed by atoms with Crippen molar-refractivity contribution in [2.75, 3.05) is 33.4 Å². The van der Waals surface area contributed by atoms with Crippen molar-refractivity contribution in [2.24, 2.45) is 4.99 Å². The van der Waals surface area contributed by atoms with Crippen LogP contribution in [-0.2, 0) is 22.6 Å². The number of ether oxygens (including phenoxy) is 1. The Hall–Kier alpha value is -2.87. The van der Waals surface area contributed by atoms with Crippen molar-refractivity contribution in [3.8, 4) is 0 Å². The van der Waals surface area contributed by atoms with Gasteiger partial charge < -0.3 is 20.7 Å². The van der Waals surface area contributed by atoms with Gasteiger partial charge in [-0.25, -0.2) is 4.99 Å². The van der Waals surface area contributed by atoms with Gasteiger partial charge in [-0.3, -0.25) is 9.48 Å². The zero-order chi connectivity index (χ0) is 19.3. The van der Waals surface area contributed by atoms with Crippen LogP contribution in [0.2, 0.25) is 0 Å². The molecule has 0 atom stereocenters. The fraction of sp³-hybridized carbons (Fsp3) is 0.421. The van der Waals surface area contributed by atoms with E-state index in [0.29, 0.717) is 38.7 Å². The Morgan fingerprint density at radius 3 is 2.70 bits per heavy atom. The number of carbonyl (C=O) groups is 1. The highest BCUT2D eigenvalue weighted by Crippen LogP contribution is 2.11. The molecule has 0 aliphatic rings. The predicted octanol–water partition coefficient (Wildman–Crippen LogP) is 0.749. The van der Waals surface area contributed by atoms with Crippen molar-refractivity contribution in [3.63, 3.8) is 0 Å². The molecule has 1 aromatic carbocycles. The first-order valence-electron chi connectivity index (χ1n) is 9.05. The molecule has 27 heavy (non-hydrogen) atoms. The molecule has 0 bridgehead atoms. The van der Waals surface area contributed by atoms with Crippen molar-refractivity contribution < 1.29 is 9.53 Å². The fourth-order valence-electron chi connectivity index (χ4n) is 2.46. The molecule has 2 aromatic rings. The maximum atomic E-state index is 11.8. The normalized spacial score (nSPS) is 11.3. The van der Waals surface area contributed by atoms with Gasteiger partial charge in [-0.1, -0.05) is 24.3 Å². The van der Waals surface area contributed by atoms with Crippen molar-refractivity contribution in [1.82, 2.24) is 25.7 Å². The second-order valence-electron chi connectivity index (χ2n) is 5.86. The molecule has 1 amide bonds. The first kappa shape index (κ1) is 20.4. The van der Waals surface area contributed by atoms with E-state index in [0.717, 1.165) is 11.1 Å². The molecule has 0 saturated carbocycles. The first-order valence-corrected chi connectivity index (χ1v) is 9.05. The Morgan fingerprint density at radius 2 is 2.00 bits per heavy atom. The highest BCUT2D eigenvalue weighted by atomic mass is 16.5. The van der Waals surface area contributed by atoms with Gasteiger partial charge in [0.15, 0.2) is 5.96 Å². The highest BCUT2D eigenvalue weighted by molar-refractivity contribution is 5.86. The lowest BCUT2D eigenvalue weighted by atomic mass is 10.1. The molecule has 3 N–H and O–H groups in total. The van der Waals surface area contributed by atoms with Crippen LogP contribution in [0.4, 0.5) is 0 Å². The number of nitrogens with one attached hydrogen (secondary N) is 3. The van der Waals surface area contributed by atoms with Crippen LogP contribution in [0.25, 0.3) is 0 Å². The zero-order valence-corrected chi connectivity index (χ0v) is 15.9. The minimum Gasteiger partial charge on any atom is -0.383 e. The molecule has 8 heteroatoms. The van der Waals surface area contributed by atoms with E-state index in [1.807, 2.05) is 36.0 Å². The van der Waals surface area contributed by atoms with E-state index in [-0.39, 0.29) is 12.5 Å². The van der Waals surface area contributed by atoms with Crippen LogP contribution < -0.4 is 16.0 Å². The Kier molecular flexibility index (Phi) is 8.85. The number of nitrogens with zero attached hydrogens (tertiary/aromatic N) is 3. The molecule has 1 aromatic heterocycles. The molecule has 0 saturated heterocycles. The van der Waals surface area contributed by atoms with Gasteiger partial charge in [0.2, 0.25) is 5.91 Å². The lowest BCUT2D eigenvalue weighted by molar-refractivity contribution is -0.120. The minimum absolute atomic E-state index is 0.100. The smallest absolute Gasteiger partial charge is 0.239 e. The topological polar surface area (TPSA) is 92.6 Å². The Balaban J connectivity index is 1.95. The summed E-state index contributed by atoms with van der Waals surface area (Å²) in [5, 5.41) is 13.2. The Labute approximate surface area is 160 Å². The van der Waals surface area contributed by atoms with E-state index < -0.39 is 0 Å². The average molecular weight is 372 g/mol. The Morgan fingerprint density at radius 1 is 1.19 bits per heavy atom. The number of guanidine groups is 1. The summed E-state index contributed by atoms with van der Waals surface area (Å²) in [6.07, 6.45) is 3.71. The van der Waals surface area contributed by atoms with Gasteiger partial charge >= 0.3 is 0 Å². The third-order valence-corrected chi connectivity index (χ3v) is 3.81. The number of methoxy groups -OCH3 is 1. The number of amides is 1. The molecule has 146 valence electrons. The van der Waals surface area contributed by atoms with Crippen LogP contribution in [0.15, 0.2) is 47.7 Å². The molecule has 0 aliphatic carbocycles. The lowest BCUT2D eigenvalue weighted by Gasteiger charge is -2.12. The number of rotatable bonds is 10. The number of hydrogen-bond donors (Lipinski definition) is 3. The fourth-order valence-corrected chi connectivity index (χ4v) is 2.46. The van der Waals surface area contributed by atoms with Crippen LogP contribution >= 0.6 is 0 Å². The van der Waals surface area contributed by atoms with Gasteiger partial charge in [0, 0.05) is 32.6 Å². The summed E-state index contributed by atoms with van der Waals surface area (Å²) in [6.45, 7) is 5.05. The van der Waals surface area contributed by atoms with E-state index >= 15 is 0 Å². The average Bonchev–Trinajstić information content (AvgIpc) is 3.18. The van der Waals surface area contributed by atoms with E-state index in [4.69, 9.17) is 4.74 Å². The number of benzene rings is 1. The standard InChI is InChI=1S/C19H28N6O2/c1-3-20-19(23-14-18(26)21-10-12-27-2)22-13-16-7-4-5-8-17(16)15-25-11-6-9-24-25/h4-9,11H,3,10,12-15H2,1-2H3,(H,21,26)(H2,20,22,23). The molecular weight excluding hydrogens is 344 g/mol. The zero-order valence-electron chi connectivity index (χ0n) is 15.9. The minimum atomic E-state index is -0.100. The van der Waals surface area contributed by atoms with Gasteiger partial charge in [-0.15, -0.1) is 0 Å². The molecule has 0 fully saturated rings. The summed E-state index contributed by atoms with van der Waals surface area (Å²) in [7, 11) is 1.60. The number of hydrogen-bond acceptors (Lipinski definition) is 4. The second-order valence-corrected chi connectivity index (χ2v) is 5.86. The molecule has 2 rings (SSSR count). The molecule has 0 radical (unpaired) electrons. The van der Waals surface area contributed by atoms with Crippen LogP contribution in [0.5, 0.6) is 0 Å². The molecule has 8 nitrogen and oxygen atoms in total. The molecule has 0 unspecified atom stereocenters. The van der Waals surface area contributed by atoms with E-state index in [1.54, 1.807) is 13.3 Å². The number of aromatic nitrogens is 2. The van der Waals surface area contributed by atoms with Crippen molar-refractivity contribution in [2.45, 2.75) is 20.0 Å². The monoisotopic (exact) mass is 372 g/mol. The first-order chi connectivity index (χ1) is 13.2. The van der Waals surface area contributed by atoms with Gasteiger partial charge in [-0.2, -0.15) is 5.10 Å². The SMILES string of the molecule is CCNC(=NCc1ccccc1Cn1cccn1)NCC(=O)NCCOC. The van der Waals surface area contributed by atoms with Gasteiger partial charge in [0.05, 0.1) is 26.2 Å². The Bertz CT molecular complexity index is 715. The van der Waals surface area contributed by atoms with Crippen molar-refractivity contribution >= 4 is 11.9 Å². The maximum absolute atomic E-state index is 11.8. The third kappa shape index (κ3) is 7.49. The molecule has 0 aliphatic heterocycles. The van der Waals surface area contributed by atoms with Crippen LogP contribution in [0.3, 0.4) is 0 Å². The quantitative estimate of drug-likeness (QED) is 0.325.